The average Bonchev–Trinajstić information content (AvgIpc) is 2.65. The Balaban J connectivity index is 2.55. The molecule has 0 saturated carbocycles. The normalized spacial score (nSPS) is 15.1. The van der Waals surface area contributed by atoms with E-state index < -0.39 is 0 Å². The summed E-state index contributed by atoms with van der Waals surface area (Å²) in [5, 5.41) is 3.98. The summed E-state index contributed by atoms with van der Waals surface area (Å²) in [7, 11) is 0. The molecule has 0 atom stereocenters. The van der Waals surface area contributed by atoms with Crippen LogP contribution in [-0.4, -0.2) is 12.3 Å². The lowest BCUT2D eigenvalue weighted by atomic mass is 10.0. The summed E-state index contributed by atoms with van der Waals surface area (Å²) in [5.74, 6) is 0. The third-order valence-corrected chi connectivity index (χ3v) is 2.99. The van der Waals surface area contributed by atoms with Gasteiger partial charge >= 0.3 is 0 Å². The van der Waals surface area contributed by atoms with E-state index in [1.165, 1.54) is 0 Å². The molecule has 0 aliphatic carbocycles. The Kier molecular flexibility index (Phi) is 2.46. The van der Waals surface area contributed by atoms with Crippen molar-refractivity contribution >= 4 is 27.3 Å². The highest BCUT2D eigenvalue weighted by Gasteiger charge is 2.17. The van der Waals surface area contributed by atoms with Crippen molar-refractivity contribution in [3.8, 4) is 0 Å². The number of benzene rings is 1. The first-order valence-corrected chi connectivity index (χ1v) is 5.23. The molecular weight excluding hydrogens is 244 g/mol. The fraction of sp³-hybridized carbons (Fsp3) is 0.300. The third-order valence-electron chi connectivity index (χ3n) is 2.29. The SMILES string of the molecule is Cc1ccc(Br)c(N)c1C1=NOCC1. The molecule has 2 rings (SSSR count). The fourth-order valence-corrected chi connectivity index (χ4v) is 1.90. The standard InChI is InChI=1S/C10H11BrN2O/c1-6-2-3-7(11)10(12)9(6)8-4-5-14-13-8/h2-3H,4-5,12H2,1H3. The van der Waals surface area contributed by atoms with Crippen LogP contribution in [0.3, 0.4) is 0 Å². The smallest absolute Gasteiger partial charge is 0.122 e. The van der Waals surface area contributed by atoms with E-state index in [1.54, 1.807) is 0 Å². The Morgan fingerprint density at radius 2 is 2.29 bits per heavy atom. The summed E-state index contributed by atoms with van der Waals surface area (Å²) in [5.41, 5.74) is 9.82. The maximum Gasteiger partial charge on any atom is 0.122 e. The number of halogens is 1. The van der Waals surface area contributed by atoms with E-state index in [1.807, 2.05) is 19.1 Å². The number of oxime groups is 1. The van der Waals surface area contributed by atoms with Crippen molar-refractivity contribution in [1.29, 1.82) is 0 Å². The largest absolute Gasteiger partial charge is 0.397 e. The molecule has 74 valence electrons. The van der Waals surface area contributed by atoms with Gasteiger partial charge < -0.3 is 10.6 Å². The van der Waals surface area contributed by atoms with Crippen molar-refractivity contribution in [2.45, 2.75) is 13.3 Å². The molecule has 0 saturated heterocycles. The van der Waals surface area contributed by atoms with Crippen LogP contribution in [0.2, 0.25) is 0 Å². The van der Waals surface area contributed by atoms with Crippen molar-refractivity contribution in [1.82, 2.24) is 0 Å². The van der Waals surface area contributed by atoms with Gasteiger partial charge in [-0.2, -0.15) is 0 Å². The molecular formula is C10H11BrN2O. The highest BCUT2D eigenvalue weighted by molar-refractivity contribution is 9.10. The van der Waals surface area contributed by atoms with E-state index in [4.69, 9.17) is 10.6 Å². The van der Waals surface area contributed by atoms with Gasteiger partial charge in [0.25, 0.3) is 0 Å². The molecule has 0 amide bonds. The zero-order valence-corrected chi connectivity index (χ0v) is 9.47. The highest BCUT2D eigenvalue weighted by Crippen LogP contribution is 2.28. The zero-order valence-electron chi connectivity index (χ0n) is 7.88. The summed E-state index contributed by atoms with van der Waals surface area (Å²) in [6.07, 6.45) is 0.835. The highest BCUT2D eigenvalue weighted by atomic mass is 79.9. The molecule has 0 unspecified atom stereocenters. The number of rotatable bonds is 1. The average molecular weight is 255 g/mol. The third kappa shape index (κ3) is 1.50. The van der Waals surface area contributed by atoms with Crippen molar-refractivity contribution in [2.75, 3.05) is 12.3 Å². The van der Waals surface area contributed by atoms with E-state index >= 15 is 0 Å². The van der Waals surface area contributed by atoms with Gasteiger partial charge in [-0.15, -0.1) is 0 Å². The Labute approximate surface area is 91.1 Å². The van der Waals surface area contributed by atoms with Gasteiger partial charge in [0, 0.05) is 16.5 Å². The second kappa shape index (κ2) is 3.61. The van der Waals surface area contributed by atoms with Crippen LogP contribution in [0.5, 0.6) is 0 Å². The van der Waals surface area contributed by atoms with Crippen molar-refractivity contribution < 1.29 is 4.84 Å². The van der Waals surface area contributed by atoms with E-state index in [2.05, 4.69) is 21.1 Å². The van der Waals surface area contributed by atoms with Crippen LogP contribution in [-0.2, 0) is 4.84 Å². The lowest BCUT2D eigenvalue weighted by molar-refractivity contribution is 0.174. The molecule has 0 spiro atoms. The van der Waals surface area contributed by atoms with E-state index in [9.17, 15) is 0 Å². The molecule has 1 aromatic carbocycles. The predicted octanol–water partition coefficient (Wildman–Crippen LogP) is 2.46. The monoisotopic (exact) mass is 254 g/mol. The number of aryl methyl sites for hydroxylation is 1. The first-order valence-electron chi connectivity index (χ1n) is 4.44. The Morgan fingerprint density at radius 3 is 2.93 bits per heavy atom. The summed E-state index contributed by atoms with van der Waals surface area (Å²) < 4.78 is 0.910. The maximum absolute atomic E-state index is 5.98. The van der Waals surface area contributed by atoms with Gasteiger partial charge in [-0.25, -0.2) is 0 Å². The molecule has 0 bridgehead atoms. The van der Waals surface area contributed by atoms with Gasteiger partial charge in [0.1, 0.15) is 6.61 Å². The first kappa shape index (κ1) is 9.52. The first-order chi connectivity index (χ1) is 6.70. The molecule has 0 fully saturated rings. The molecule has 3 nitrogen and oxygen atoms in total. The molecule has 2 N–H and O–H groups in total. The van der Waals surface area contributed by atoms with Crippen LogP contribution < -0.4 is 5.73 Å². The Hall–Kier alpha value is -1.03. The van der Waals surface area contributed by atoms with Crippen LogP contribution in [0.4, 0.5) is 5.69 Å². The van der Waals surface area contributed by atoms with Crippen LogP contribution in [0.25, 0.3) is 0 Å². The number of nitrogens with two attached hydrogens (primary N) is 1. The molecule has 4 heteroatoms. The number of nitrogens with zero attached hydrogens (tertiary/aromatic N) is 1. The summed E-state index contributed by atoms with van der Waals surface area (Å²) in [6, 6.07) is 3.97. The topological polar surface area (TPSA) is 47.6 Å². The van der Waals surface area contributed by atoms with Crippen molar-refractivity contribution in [3.63, 3.8) is 0 Å². The molecule has 14 heavy (non-hydrogen) atoms. The number of hydrogen-bond donors (Lipinski definition) is 1. The van der Waals surface area contributed by atoms with Crippen LogP contribution in [0.1, 0.15) is 17.5 Å². The van der Waals surface area contributed by atoms with Crippen molar-refractivity contribution in [2.24, 2.45) is 5.16 Å². The van der Waals surface area contributed by atoms with Gasteiger partial charge in [0.2, 0.25) is 0 Å². The van der Waals surface area contributed by atoms with Gasteiger partial charge in [-0.1, -0.05) is 11.2 Å². The second-order valence-electron chi connectivity index (χ2n) is 3.27. The lowest BCUT2D eigenvalue weighted by Gasteiger charge is -2.09. The van der Waals surface area contributed by atoms with Crippen molar-refractivity contribution in [3.05, 3.63) is 27.7 Å². The van der Waals surface area contributed by atoms with Gasteiger partial charge in [0.05, 0.1) is 11.4 Å². The molecule has 0 radical (unpaired) electrons. The molecule has 1 heterocycles. The number of anilines is 1. The predicted molar refractivity (Wildman–Crippen MR) is 60.4 cm³/mol. The van der Waals surface area contributed by atoms with E-state index in [-0.39, 0.29) is 0 Å². The summed E-state index contributed by atoms with van der Waals surface area (Å²) in [6.45, 7) is 2.68. The minimum atomic E-state index is 0.653. The minimum Gasteiger partial charge on any atom is -0.397 e. The minimum absolute atomic E-state index is 0.653. The second-order valence-corrected chi connectivity index (χ2v) is 4.13. The van der Waals surface area contributed by atoms with E-state index in [0.717, 1.165) is 33.4 Å². The summed E-state index contributed by atoms with van der Waals surface area (Å²) in [4.78, 5) is 4.98. The van der Waals surface area contributed by atoms with Gasteiger partial charge in [0.15, 0.2) is 0 Å². The molecule has 0 aromatic heterocycles. The Morgan fingerprint density at radius 1 is 1.50 bits per heavy atom. The number of nitrogen functional groups attached to an aromatic ring is 1. The van der Waals surface area contributed by atoms with E-state index in [0.29, 0.717) is 6.61 Å². The number of hydrogen-bond acceptors (Lipinski definition) is 3. The zero-order chi connectivity index (χ0) is 10.1. The fourth-order valence-electron chi connectivity index (χ4n) is 1.57. The van der Waals surface area contributed by atoms with Crippen LogP contribution in [0.15, 0.2) is 21.8 Å². The molecule has 1 aliphatic rings. The maximum atomic E-state index is 5.98. The quantitative estimate of drug-likeness (QED) is 0.783. The summed E-state index contributed by atoms with van der Waals surface area (Å²) >= 11 is 3.41. The molecule has 1 aliphatic heterocycles. The van der Waals surface area contributed by atoms with Gasteiger partial charge in [-0.3, -0.25) is 0 Å². The van der Waals surface area contributed by atoms with Crippen LogP contribution in [0, 0.1) is 6.92 Å². The molecule has 1 aromatic rings. The lowest BCUT2D eigenvalue weighted by Crippen LogP contribution is -2.06. The van der Waals surface area contributed by atoms with Crippen LogP contribution >= 0.6 is 15.9 Å². The van der Waals surface area contributed by atoms with Gasteiger partial charge in [-0.05, 0) is 34.5 Å². The Bertz CT molecular complexity index is 401.